The van der Waals surface area contributed by atoms with Crippen molar-refractivity contribution < 1.29 is 9.59 Å². The lowest BCUT2D eigenvalue weighted by Gasteiger charge is -2.25. The number of hydrogen-bond acceptors (Lipinski definition) is 3. The van der Waals surface area contributed by atoms with Crippen LogP contribution in [0.5, 0.6) is 0 Å². The van der Waals surface area contributed by atoms with Crippen LogP contribution in [0.3, 0.4) is 0 Å². The van der Waals surface area contributed by atoms with Crippen LogP contribution in [0.1, 0.15) is 19.3 Å². The highest BCUT2D eigenvalue weighted by molar-refractivity contribution is 7.97. The van der Waals surface area contributed by atoms with Gasteiger partial charge in [-0.25, -0.2) is 9.10 Å². The standard InChI is InChI=1S/C8H12N2O2S/c1-13-10-7(11)6-4-2-3-5-9(6)8(10)12/h6H,2-5H2,1H3. The maximum atomic E-state index is 11.6. The molecule has 5 heteroatoms. The Morgan fingerprint density at radius 3 is 2.77 bits per heavy atom. The largest absolute Gasteiger partial charge is 0.337 e. The highest BCUT2D eigenvalue weighted by atomic mass is 32.2. The van der Waals surface area contributed by atoms with E-state index in [0.717, 1.165) is 25.8 Å². The molecule has 2 heterocycles. The topological polar surface area (TPSA) is 40.6 Å². The van der Waals surface area contributed by atoms with Gasteiger partial charge in [0.2, 0.25) is 0 Å². The molecule has 1 atom stereocenters. The Bertz CT molecular complexity index is 233. The molecule has 0 N–H and O–H groups in total. The summed E-state index contributed by atoms with van der Waals surface area (Å²) in [6, 6.07) is -0.282. The molecule has 2 saturated heterocycles. The van der Waals surface area contributed by atoms with Crippen molar-refractivity contribution in [1.82, 2.24) is 9.21 Å². The first-order chi connectivity index (χ1) is 6.25. The van der Waals surface area contributed by atoms with Gasteiger partial charge in [-0.3, -0.25) is 4.79 Å². The number of carbonyl (C=O) groups excluding carboxylic acids is 2. The summed E-state index contributed by atoms with van der Waals surface area (Å²) in [6.07, 6.45) is 4.68. The fraction of sp³-hybridized carbons (Fsp3) is 0.750. The smallest absolute Gasteiger partial charge is 0.311 e. The first kappa shape index (κ1) is 8.87. The summed E-state index contributed by atoms with van der Waals surface area (Å²) in [5, 5.41) is 0. The third-order valence-electron chi connectivity index (χ3n) is 2.59. The van der Waals surface area contributed by atoms with Crippen molar-refractivity contribution in [2.45, 2.75) is 25.3 Å². The number of piperidine rings is 1. The van der Waals surface area contributed by atoms with Crippen molar-refractivity contribution in [3.8, 4) is 0 Å². The Hall–Kier alpha value is -0.710. The summed E-state index contributed by atoms with van der Waals surface area (Å²) >= 11 is 1.21. The van der Waals surface area contributed by atoms with E-state index in [0.29, 0.717) is 0 Å². The molecule has 0 aliphatic carbocycles. The molecule has 72 valence electrons. The number of carbonyl (C=O) groups is 2. The van der Waals surface area contributed by atoms with Crippen LogP contribution >= 0.6 is 11.9 Å². The maximum Gasteiger partial charge on any atom is 0.337 e. The van der Waals surface area contributed by atoms with Crippen LogP contribution in [-0.4, -0.2) is 40.0 Å². The lowest BCUT2D eigenvalue weighted by Crippen LogP contribution is -2.38. The normalized spacial score (nSPS) is 28.2. The number of amides is 3. The van der Waals surface area contributed by atoms with Gasteiger partial charge in [0.1, 0.15) is 6.04 Å². The third kappa shape index (κ3) is 1.22. The maximum absolute atomic E-state index is 11.6. The second-order valence-corrected chi connectivity index (χ2v) is 4.03. The molecule has 4 nitrogen and oxygen atoms in total. The fourth-order valence-corrected chi connectivity index (χ4v) is 2.49. The highest BCUT2D eigenvalue weighted by Gasteiger charge is 2.45. The zero-order valence-electron chi connectivity index (χ0n) is 7.52. The van der Waals surface area contributed by atoms with Gasteiger partial charge < -0.3 is 4.90 Å². The Morgan fingerprint density at radius 2 is 2.15 bits per heavy atom. The lowest BCUT2D eigenvalue weighted by molar-refractivity contribution is -0.125. The average Bonchev–Trinajstić information content (AvgIpc) is 2.41. The molecule has 0 aromatic heterocycles. The Kier molecular flexibility index (Phi) is 2.19. The molecule has 0 spiro atoms. The van der Waals surface area contributed by atoms with Gasteiger partial charge in [0, 0.05) is 12.8 Å². The van der Waals surface area contributed by atoms with Crippen molar-refractivity contribution in [1.29, 1.82) is 0 Å². The van der Waals surface area contributed by atoms with Gasteiger partial charge in [-0.1, -0.05) is 0 Å². The molecule has 2 aliphatic heterocycles. The van der Waals surface area contributed by atoms with Gasteiger partial charge in [0.05, 0.1) is 0 Å². The Labute approximate surface area is 81.4 Å². The van der Waals surface area contributed by atoms with Crippen LogP contribution < -0.4 is 0 Å². The van der Waals surface area contributed by atoms with E-state index in [1.807, 2.05) is 0 Å². The van der Waals surface area contributed by atoms with Crippen LogP contribution in [-0.2, 0) is 4.79 Å². The van der Waals surface area contributed by atoms with Crippen LogP contribution in [0.15, 0.2) is 0 Å². The van der Waals surface area contributed by atoms with E-state index < -0.39 is 0 Å². The van der Waals surface area contributed by atoms with Gasteiger partial charge in [-0.15, -0.1) is 0 Å². The molecule has 2 rings (SSSR count). The van der Waals surface area contributed by atoms with Crippen molar-refractivity contribution in [3.05, 3.63) is 0 Å². The van der Waals surface area contributed by atoms with E-state index in [4.69, 9.17) is 0 Å². The zero-order valence-corrected chi connectivity index (χ0v) is 8.34. The molecule has 0 aromatic rings. The quantitative estimate of drug-likeness (QED) is 0.470. The molecule has 13 heavy (non-hydrogen) atoms. The number of urea groups is 1. The number of rotatable bonds is 1. The number of nitrogens with zero attached hydrogens (tertiary/aromatic N) is 2. The minimum atomic E-state index is -0.159. The minimum absolute atomic E-state index is 0.0304. The number of imide groups is 1. The van der Waals surface area contributed by atoms with Gasteiger partial charge in [0.25, 0.3) is 5.91 Å². The van der Waals surface area contributed by atoms with E-state index >= 15 is 0 Å². The summed E-state index contributed by atoms with van der Waals surface area (Å²) in [4.78, 5) is 24.9. The van der Waals surface area contributed by atoms with Crippen LogP contribution in [0.2, 0.25) is 0 Å². The highest BCUT2D eigenvalue weighted by Crippen LogP contribution is 2.29. The van der Waals surface area contributed by atoms with E-state index in [-0.39, 0.29) is 18.0 Å². The predicted octanol–water partition coefficient (Wildman–Crippen LogP) is 1.08. The molecule has 1 unspecified atom stereocenters. The molecule has 2 fully saturated rings. The average molecular weight is 200 g/mol. The summed E-state index contributed by atoms with van der Waals surface area (Å²) in [7, 11) is 0. The van der Waals surface area contributed by atoms with E-state index in [9.17, 15) is 9.59 Å². The monoisotopic (exact) mass is 200 g/mol. The first-order valence-corrected chi connectivity index (χ1v) is 5.62. The molecule has 0 radical (unpaired) electrons. The lowest BCUT2D eigenvalue weighted by atomic mass is 10.0. The van der Waals surface area contributed by atoms with E-state index in [1.165, 1.54) is 16.3 Å². The summed E-state index contributed by atoms with van der Waals surface area (Å²) in [6.45, 7) is 0.742. The number of hydrogen-bond donors (Lipinski definition) is 0. The molecule has 0 saturated carbocycles. The van der Waals surface area contributed by atoms with Crippen molar-refractivity contribution >= 4 is 23.9 Å². The van der Waals surface area contributed by atoms with E-state index in [2.05, 4.69) is 0 Å². The van der Waals surface area contributed by atoms with Crippen LogP contribution in [0.25, 0.3) is 0 Å². The fourth-order valence-electron chi connectivity index (χ4n) is 1.93. The SMILES string of the molecule is CSN1C(=O)C2CCCCN2C1=O. The Balaban J connectivity index is 2.22. The summed E-state index contributed by atoms with van der Waals surface area (Å²) < 4.78 is 1.27. The van der Waals surface area contributed by atoms with Crippen molar-refractivity contribution in [2.24, 2.45) is 0 Å². The molecular weight excluding hydrogens is 188 g/mol. The van der Waals surface area contributed by atoms with Gasteiger partial charge >= 0.3 is 6.03 Å². The van der Waals surface area contributed by atoms with Gasteiger partial charge in [-0.05, 0) is 31.2 Å². The molecule has 0 aromatic carbocycles. The second-order valence-electron chi connectivity index (χ2n) is 3.30. The van der Waals surface area contributed by atoms with E-state index in [1.54, 1.807) is 11.2 Å². The summed E-state index contributed by atoms with van der Waals surface area (Å²) in [5.41, 5.74) is 0. The van der Waals surface area contributed by atoms with Crippen LogP contribution in [0.4, 0.5) is 4.79 Å². The van der Waals surface area contributed by atoms with Gasteiger partial charge in [0.15, 0.2) is 0 Å². The molecule has 2 aliphatic rings. The van der Waals surface area contributed by atoms with Gasteiger partial charge in [-0.2, -0.15) is 0 Å². The molecular formula is C8H12N2O2S. The van der Waals surface area contributed by atoms with Crippen molar-refractivity contribution in [3.63, 3.8) is 0 Å². The first-order valence-electron chi connectivity index (χ1n) is 4.44. The molecule has 0 bridgehead atoms. The van der Waals surface area contributed by atoms with Crippen LogP contribution in [0, 0.1) is 0 Å². The predicted molar refractivity (Wildman–Crippen MR) is 50.1 cm³/mol. The number of fused-ring (bicyclic) bond motifs is 1. The minimum Gasteiger partial charge on any atom is -0.311 e. The van der Waals surface area contributed by atoms with Crippen molar-refractivity contribution in [2.75, 3.05) is 12.8 Å². The Morgan fingerprint density at radius 1 is 1.38 bits per heavy atom. The third-order valence-corrected chi connectivity index (χ3v) is 3.29. The molecule has 3 amide bonds. The second kappa shape index (κ2) is 3.21. The zero-order chi connectivity index (χ0) is 9.42. The summed E-state index contributed by atoms with van der Waals surface area (Å²) in [5.74, 6) is -0.0304.